The largest absolute Gasteiger partial charge is 0.311 e. The van der Waals surface area contributed by atoms with E-state index in [-0.39, 0.29) is 10.7 Å². The molecule has 1 fully saturated rings. The van der Waals surface area contributed by atoms with Crippen LogP contribution in [-0.2, 0) is 4.79 Å². The molecule has 82 valence electrons. The van der Waals surface area contributed by atoms with E-state index < -0.39 is 0 Å². The van der Waals surface area contributed by atoms with Crippen molar-refractivity contribution in [2.24, 2.45) is 0 Å². The topological polar surface area (TPSA) is 44.1 Å². The predicted molar refractivity (Wildman–Crippen MR) is 65.9 cm³/mol. The van der Waals surface area contributed by atoms with Gasteiger partial charge in [0.15, 0.2) is 0 Å². The molecule has 0 bridgehead atoms. The van der Waals surface area contributed by atoms with Crippen LogP contribution in [0.1, 0.15) is 12.0 Å². The molecule has 1 aromatic rings. The van der Waals surface area contributed by atoms with Gasteiger partial charge in [-0.3, -0.25) is 4.79 Å². The van der Waals surface area contributed by atoms with Gasteiger partial charge in [-0.05, 0) is 18.2 Å². The molecular weight excluding hydrogens is 291 g/mol. The lowest BCUT2D eigenvalue weighted by Crippen LogP contribution is -2.24. The molecular formula is C11H8BrClN2O. The van der Waals surface area contributed by atoms with Crippen LogP contribution in [-0.4, -0.2) is 17.3 Å². The second-order valence-electron chi connectivity index (χ2n) is 3.62. The van der Waals surface area contributed by atoms with Gasteiger partial charge >= 0.3 is 0 Å². The van der Waals surface area contributed by atoms with Crippen LogP contribution >= 0.6 is 27.5 Å². The molecule has 3 nitrogen and oxygen atoms in total. The van der Waals surface area contributed by atoms with Crippen molar-refractivity contribution in [1.82, 2.24) is 0 Å². The van der Waals surface area contributed by atoms with E-state index >= 15 is 0 Å². The molecule has 0 saturated carbocycles. The summed E-state index contributed by atoms with van der Waals surface area (Å²) >= 11 is 9.30. The summed E-state index contributed by atoms with van der Waals surface area (Å²) in [5.74, 6) is 0.0491. The fourth-order valence-corrected chi connectivity index (χ4v) is 2.50. The molecule has 1 unspecified atom stereocenters. The summed E-state index contributed by atoms with van der Waals surface area (Å²) < 4.78 is 0. The zero-order valence-corrected chi connectivity index (χ0v) is 10.6. The highest BCUT2D eigenvalue weighted by atomic mass is 79.9. The van der Waals surface area contributed by atoms with Gasteiger partial charge in [0.2, 0.25) is 5.91 Å². The Kier molecular flexibility index (Phi) is 3.17. The quantitative estimate of drug-likeness (QED) is 0.748. The molecule has 1 aliphatic heterocycles. The number of benzene rings is 1. The Morgan fingerprint density at radius 1 is 1.50 bits per heavy atom. The second kappa shape index (κ2) is 4.44. The minimum Gasteiger partial charge on any atom is -0.311 e. The lowest BCUT2D eigenvalue weighted by atomic mass is 10.2. The molecule has 0 N–H and O–H groups in total. The van der Waals surface area contributed by atoms with Gasteiger partial charge in [0.05, 0.1) is 11.6 Å². The number of nitriles is 1. The third-order valence-electron chi connectivity index (χ3n) is 2.40. The number of alkyl halides is 1. The maximum Gasteiger partial charge on any atom is 0.228 e. The van der Waals surface area contributed by atoms with E-state index in [4.69, 9.17) is 16.9 Å². The molecule has 5 heteroatoms. The smallest absolute Gasteiger partial charge is 0.228 e. The number of nitrogens with zero attached hydrogens (tertiary/aromatic N) is 2. The van der Waals surface area contributed by atoms with E-state index in [0.717, 1.165) is 0 Å². The molecule has 1 saturated heterocycles. The van der Waals surface area contributed by atoms with E-state index in [1.165, 1.54) is 0 Å². The highest BCUT2D eigenvalue weighted by molar-refractivity contribution is 9.09. The lowest BCUT2D eigenvalue weighted by molar-refractivity contribution is -0.117. The minimum atomic E-state index is 0.0491. The molecule has 2 rings (SSSR count). The standard InChI is InChI=1S/C11H8BrClN2O/c12-8-3-11(16)15(6-8)10-2-7(5-14)1-9(13)4-10/h1-2,4,8H,3,6H2. The van der Waals surface area contributed by atoms with Crippen molar-refractivity contribution >= 4 is 39.1 Å². The van der Waals surface area contributed by atoms with Gasteiger partial charge < -0.3 is 4.90 Å². The van der Waals surface area contributed by atoms with Crippen molar-refractivity contribution in [2.75, 3.05) is 11.4 Å². The molecule has 1 heterocycles. The second-order valence-corrected chi connectivity index (χ2v) is 5.35. The lowest BCUT2D eigenvalue weighted by Gasteiger charge is -2.16. The first-order valence-electron chi connectivity index (χ1n) is 4.75. The van der Waals surface area contributed by atoms with Crippen molar-refractivity contribution < 1.29 is 4.79 Å². The minimum absolute atomic E-state index is 0.0491. The van der Waals surface area contributed by atoms with Crippen LogP contribution in [0.25, 0.3) is 0 Å². The molecule has 1 amide bonds. The zero-order chi connectivity index (χ0) is 11.7. The van der Waals surface area contributed by atoms with Gasteiger partial charge in [-0.15, -0.1) is 0 Å². The van der Waals surface area contributed by atoms with Gasteiger partial charge in [-0.2, -0.15) is 5.26 Å². The van der Waals surface area contributed by atoms with Crippen molar-refractivity contribution in [3.8, 4) is 6.07 Å². The summed E-state index contributed by atoms with van der Waals surface area (Å²) in [6.07, 6.45) is 0.481. The van der Waals surface area contributed by atoms with Crippen molar-refractivity contribution in [3.05, 3.63) is 28.8 Å². The van der Waals surface area contributed by atoms with E-state index in [9.17, 15) is 4.79 Å². The number of hydrogen-bond acceptors (Lipinski definition) is 2. The van der Waals surface area contributed by atoms with Crippen LogP contribution in [0.5, 0.6) is 0 Å². The monoisotopic (exact) mass is 298 g/mol. The molecule has 16 heavy (non-hydrogen) atoms. The number of amides is 1. The van der Waals surface area contributed by atoms with Crippen LogP contribution in [0.4, 0.5) is 5.69 Å². The Bertz CT molecular complexity index is 483. The number of hydrogen-bond donors (Lipinski definition) is 0. The summed E-state index contributed by atoms with van der Waals surface area (Å²) in [6, 6.07) is 6.98. The van der Waals surface area contributed by atoms with Crippen LogP contribution in [0.2, 0.25) is 5.02 Å². The molecule has 0 radical (unpaired) electrons. The third-order valence-corrected chi connectivity index (χ3v) is 3.23. The number of rotatable bonds is 1. The summed E-state index contributed by atoms with van der Waals surface area (Å²) in [7, 11) is 0. The third kappa shape index (κ3) is 2.21. The fourth-order valence-electron chi connectivity index (χ4n) is 1.71. The summed E-state index contributed by atoms with van der Waals surface area (Å²) in [6.45, 7) is 0.615. The predicted octanol–water partition coefficient (Wildman–Crippen LogP) is 2.71. The molecule has 0 spiro atoms. The van der Waals surface area contributed by atoms with Crippen LogP contribution < -0.4 is 4.90 Å². The van der Waals surface area contributed by atoms with Crippen LogP contribution in [0.3, 0.4) is 0 Å². The number of carbonyl (C=O) groups is 1. The van der Waals surface area contributed by atoms with Crippen molar-refractivity contribution in [1.29, 1.82) is 5.26 Å². The Labute approximate surface area is 107 Å². The number of anilines is 1. The Morgan fingerprint density at radius 3 is 2.81 bits per heavy atom. The summed E-state index contributed by atoms with van der Waals surface area (Å²) in [5, 5.41) is 9.30. The molecule has 1 aromatic carbocycles. The normalized spacial score (nSPS) is 19.9. The first kappa shape index (κ1) is 11.4. The average molecular weight is 300 g/mol. The maximum absolute atomic E-state index is 11.7. The molecule has 0 aliphatic carbocycles. The Hall–Kier alpha value is -1.05. The zero-order valence-electron chi connectivity index (χ0n) is 8.28. The molecule has 1 atom stereocenters. The Balaban J connectivity index is 2.37. The first-order valence-corrected chi connectivity index (χ1v) is 6.04. The average Bonchev–Trinajstić information content (AvgIpc) is 2.57. The van der Waals surface area contributed by atoms with Crippen molar-refractivity contribution in [2.45, 2.75) is 11.2 Å². The Morgan fingerprint density at radius 2 is 2.25 bits per heavy atom. The number of halogens is 2. The van der Waals surface area contributed by atoms with Crippen LogP contribution in [0.15, 0.2) is 18.2 Å². The van der Waals surface area contributed by atoms with Gasteiger partial charge in [0.25, 0.3) is 0 Å². The summed E-state index contributed by atoms with van der Waals surface area (Å²) in [4.78, 5) is 13.5. The highest BCUT2D eigenvalue weighted by Gasteiger charge is 2.29. The first-order chi connectivity index (χ1) is 7.60. The fraction of sp³-hybridized carbons (Fsp3) is 0.273. The van der Waals surface area contributed by atoms with Gasteiger partial charge in [0, 0.05) is 28.5 Å². The molecule has 1 aliphatic rings. The van der Waals surface area contributed by atoms with E-state index in [2.05, 4.69) is 15.9 Å². The van der Waals surface area contributed by atoms with E-state index in [1.807, 2.05) is 6.07 Å². The number of carbonyl (C=O) groups excluding carboxylic acids is 1. The van der Waals surface area contributed by atoms with E-state index in [0.29, 0.717) is 29.2 Å². The van der Waals surface area contributed by atoms with Gasteiger partial charge in [-0.1, -0.05) is 27.5 Å². The highest BCUT2D eigenvalue weighted by Crippen LogP contribution is 2.28. The summed E-state index contributed by atoms with van der Waals surface area (Å²) in [5.41, 5.74) is 1.16. The van der Waals surface area contributed by atoms with Crippen molar-refractivity contribution in [3.63, 3.8) is 0 Å². The van der Waals surface area contributed by atoms with E-state index in [1.54, 1.807) is 23.1 Å². The molecule has 0 aromatic heterocycles. The maximum atomic E-state index is 11.7. The van der Waals surface area contributed by atoms with Crippen LogP contribution in [0, 0.1) is 11.3 Å². The van der Waals surface area contributed by atoms with Gasteiger partial charge in [-0.25, -0.2) is 0 Å². The van der Waals surface area contributed by atoms with Gasteiger partial charge in [0.1, 0.15) is 0 Å². The SMILES string of the molecule is N#Cc1cc(Cl)cc(N2CC(Br)CC2=O)c1.